The van der Waals surface area contributed by atoms with Crippen molar-refractivity contribution in [2.45, 2.75) is 106 Å². The van der Waals surface area contributed by atoms with Crippen LogP contribution in [-0.2, 0) is 14.3 Å². The number of alkyl halides is 1. The van der Waals surface area contributed by atoms with E-state index in [1.807, 2.05) is 6.07 Å². The van der Waals surface area contributed by atoms with E-state index in [2.05, 4.69) is 36.4 Å². The molecule has 0 heterocycles. The highest BCUT2D eigenvalue weighted by atomic mass is 127. The number of hydrogen-bond donors (Lipinski definition) is 0. The molecule has 1 aromatic rings. The van der Waals surface area contributed by atoms with E-state index in [1.165, 1.54) is 51.4 Å². The first-order valence-electron chi connectivity index (χ1n) is 10.6. The Balaban J connectivity index is 2.35. The number of hydrogen-bond acceptors (Lipinski definition) is 3. The van der Waals surface area contributed by atoms with Gasteiger partial charge >= 0.3 is 0 Å². The minimum Gasteiger partial charge on any atom is -0.262 e. The van der Waals surface area contributed by atoms with Crippen LogP contribution in [0.15, 0.2) is 35.2 Å². The average Bonchev–Trinajstić information content (AvgIpc) is 2.66. The lowest BCUT2D eigenvalue weighted by Crippen LogP contribution is -2.27. The van der Waals surface area contributed by atoms with Crippen LogP contribution in [0, 0.1) is 0 Å². The topological polar surface area (TPSA) is 43.4 Å². The highest BCUT2D eigenvalue weighted by Crippen LogP contribution is 2.25. The largest absolute Gasteiger partial charge is 0.297 e. The smallest absolute Gasteiger partial charge is 0.262 e. The first kappa shape index (κ1) is 24.9. The maximum Gasteiger partial charge on any atom is 0.297 e. The molecule has 0 aliphatic rings. The van der Waals surface area contributed by atoms with Crippen molar-refractivity contribution in [2.24, 2.45) is 0 Å². The standard InChI is InChI=1S/C22H37IO3S/c1-3-5-6-7-8-9-10-11-15-19-21(23)22(16-4-2)26-27(24,25)20-17-13-12-14-18-20/h12-14,17-18,21-22H,3-11,15-16,19H2,1-2H3. The second-order valence-electron chi connectivity index (χ2n) is 7.32. The van der Waals surface area contributed by atoms with Crippen molar-refractivity contribution in [3.8, 4) is 0 Å². The zero-order valence-corrected chi connectivity index (χ0v) is 20.0. The Morgan fingerprint density at radius 1 is 0.815 bits per heavy atom. The first-order chi connectivity index (χ1) is 13.0. The summed E-state index contributed by atoms with van der Waals surface area (Å²) in [6.45, 7) is 4.33. The van der Waals surface area contributed by atoms with E-state index in [0.717, 1.165) is 25.7 Å². The lowest BCUT2D eigenvalue weighted by Gasteiger charge is -2.22. The molecule has 0 aromatic heterocycles. The Hall–Kier alpha value is -0.140. The van der Waals surface area contributed by atoms with Crippen molar-refractivity contribution < 1.29 is 12.6 Å². The van der Waals surface area contributed by atoms with Gasteiger partial charge in [0.15, 0.2) is 0 Å². The van der Waals surface area contributed by atoms with Gasteiger partial charge < -0.3 is 0 Å². The number of benzene rings is 1. The minimum absolute atomic E-state index is 0.227. The molecule has 0 radical (unpaired) electrons. The molecule has 0 N–H and O–H groups in total. The first-order valence-corrected chi connectivity index (χ1v) is 13.3. The van der Waals surface area contributed by atoms with Crippen LogP contribution in [0.5, 0.6) is 0 Å². The Morgan fingerprint density at radius 2 is 1.37 bits per heavy atom. The van der Waals surface area contributed by atoms with Gasteiger partial charge in [-0.15, -0.1) is 0 Å². The molecule has 27 heavy (non-hydrogen) atoms. The van der Waals surface area contributed by atoms with Crippen LogP contribution in [0.25, 0.3) is 0 Å². The van der Waals surface area contributed by atoms with Crippen molar-refractivity contribution in [2.75, 3.05) is 0 Å². The molecule has 156 valence electrons. The van der Waals surface area contributed by atoms with Gasteiger partial charge in [0.1, 0.15) is 0 Å². The monoisotopic (exact) mass is 508 g/mol. The summed E-state index contributed by atoms with van der Waals surface area (Å²) >= 11 is 2.38. The highest BCUT2D eigenvalue weighted by molar-refractivity contribution is 14.1. The molecule has 0 aliphatic carbocycles. The van der Waals surface area contributed by atoms with Crippen LogP contribution < -0.4 is 0 Å². The van der Waals surface area contributed by atoms with Gasteiger partial charge in [-0.25, -0.2) is 0 Å². The van der Waals surface area contributed by atoms with Crippen molar-refractivity contribution in [3.63, 3.8) is 0 Å². The van der Waals surface area contributed by atoms with Gasteiger partial charge in [0.05, 0.1) is 11.0 Å². The Kier molecular flexibility index (Phi) is 13.6. The summed E-state index contributed by atoms with van der Waals surface area (Å²) in [5, 5.41) is 0. The molecular weight excluding hydrogens is 471 g/mol. The van der Waals surface area contributed by atoms with E-state index in [9.17, 15) is 8.42 Å². The molecule has 1 rings (SSSR count). The molecule has 3 nitrogen and oxygen atoms in total. The van der Waals surface area contributed by atoms with Gasteiger partial charge in [0, 0.05) is 3.92 Å². The molecule has 0 fully saturated rings. The van der Waals surface area contributed by atoms with Gasteiger partial charge in [0.2, 0.25) is 0 Å². The molecule has 2 unspecified atom stereocenters. The molecule has 2 atom stereocenters. The molecular formula is C22H37IO3S. The third kappa shape index (κ3) is 10.8. The Morgan fingerprint density at radius 3 is 1.93 bits per heavy atom. The summed E-state index contributed by atoms with van der Waals surface area (Å²) in [5.74, 6) is 0. The van der Waals surface area contributed by atoms with E-state index >= 15 is 0 Å². The molecule has 0 bridgehead atoms. The SMILES string of the molecule is CCCCCCCCCCCC(I)C(CCC)OS(=O)(=O)c1ccccc1. The zero-order valence-electron chi connectivity index (χ0n) is 17.0. The van der Waals surface area contributed by atoms with Gasteiger partial charge in [-0.3, -0.25) is 4.18 Å². The summed E-state index contributed by atoms with van der Waals surface area (Å²) < 4.78 is 30.9. The molecule has 0 saturated carbocycles. The zero-order chi connectivity index (χ0) is 20.0. The predicted molar refractivity (Wildman–Crippen MR) is 123 cm³/mol. The fraction of sp³-hybridized carbons (Fsp3) is 0.727. The lowest BCUT2D eigenvalue weighted by molar-refractivity contribution is 0.194. The predicted octanol–water partition coefficient (Wildman–Crippen LogP) is 7.29. The van der Waals surface area contributed by atoms with E-state index < -0.39 is 10.1 Å². The van der Waals surface area contributed by atoms with Crippen molar-refractivity contribution in [1.82, 2.24) is 0 Å². The molecule has 0 saturated heterocycles. The van der Waals surface area contributed by atoms with Gasteiger partial charge in [-0.1, -0.05) is 119 Å². The van der Waals surface area contributed by atoms with Crippen molar-refractivity contribution in [3.05, 3.63) is 30.3 Å². The highest BCUT2D eigenvalue weighted by Gasteiger charge is 2.26. The third-order valence-electron chi connectivity index (χ3n) is 4.84. The Bertz CT molecular complexity index is 574. The van der Waals surface area contributed by atoms with Gasteiger partial charge in [0.25, 0.3) is 10.1 Å². The summed E-state index contributed by atoms with van der Waals surface area (Å²) in [6.07, 6.45) is 14.2. The summed E-state index contributed by atoms with van der Waals surface area (Å²) in [6, 6.07) is 8.47. The van der Waals surface area contributed by atoms with Crippen LogP contribution in [0.4, 0.5) is 0 Å². The fourth-order valence-electron chi connectivity index (χ4n) is 3.22. The maximum atomic E-state index is 12.5. The second kappa shape index (κ2) is 14.8. The van der Waals surface area contributed by atoms with E-state index in [4.69, 9.17) is 4.18 Å². The van der Waals surface area contributed by atoms with Crippen molar-refractivity contribution in [1.29, 1.82) is 0 Å². The molecule has 0 spiro atoms. The van der Waals surface area contributed by atoms with E-state index in [1.54, 1.807) is 24.3 Å². The minimum atomic E-state index is -3.68. The third-order valence-corrected chi connectivity index (χ3v) is 7.62. The van der Waals surface area contributed by atoms with Crippen LogP contribution in [-0.4, -0.2) is 18.4 Å². The van der Waals surface area contributed by atoms with Crippen molar-refractivity contribution >= 4 is 32.7 Å². The van der Waals surface area contributed by atoms with Crippen LogP contribution in [0.1, 0.15) is 90.9 Å². The van der Waals surface area contributed by atoms with E-state index in [0.29, 0.717) is 0 Å². The average molecular weight is 509 g/mol. The van der Waals surface area contributed by atoms with Gasteiger partial charge in [-0.05, 0) is 25.0 Å². The normalized spacial score (nSPS) is 14.2. The Labute approximate surface area is 180 Å². The molecule has 0 amide bonds. The fourth-order valence-corrected chi connectivity index (χ4v) is 5.52. The lowest BCUT2D eigenvalue weighted by atomic mass is 10.0. The quantitative estimate of drug-likeness (QED) is 0.102. The van der Waals surface area contributed by atoms with E-state index in [-0.39, 0.29) is 14.9 Å². The van der Waals surface area contributed by atoms with Crippen LogP contribution >= 0.6 is 22.6 Å². The number of halogens is 1. The van der Waals surface area contributed by atoms with Crippen LogP contribution in [0.3, 0.4) is 0 Å². The summed E-state index contributed by atoms with van der Waals surface area (Å²) in [4.78, 5) is 0.248. The van der Waals surface area contributed by atoms with Gasteiger partial charge in [-0.2, -0.15) is 8.42 Å². The number of rotatable bonds is 16. The summed E-state index contributed by atoms with van der Waals surface area (Å²) in [5.41, 5.74) is 0. The molecule has 1 aromatic carbocycles. The molecule has 5 heteroatoms. The molecule has 0 aliphatic heterocycles. The van der Waals surface area contributed by atoms with Crippen LogP contribution in [0.2, 0.25) is 0 Å². The number of unbranched alkanes of at least 4 members (excludes halogenated alkanes) is 8. The maximum absolute atomic E-state index is 12.5. The second-order valence-corrected chi connectivity index (χ2v) is 10.5. The summed E-state index contributed by atoms with van der Waals surface area (Å²) in [7, 11) is -3.68.